The number of carbonyl (C=O) groups excluding carboxylic acids is 2. The summed E-state index contributed by atoms with van der Waals surface area (Å²) >= 11 is 0. The molecule has 6 nitrogen and oxygen atoms in total. The lowest BCUT2D eigenvalue weighted by Gasteiger charge is -2.41. The lowest BCUT2D eigenvalue weighted by molar-refractivity contribution is -0.117. The van der Waals surface area contributed by atoms with Crippen LogP contribution < -0.4 is 10.2 Å². The molecule has 2 amide bonds. The molecule has 1 unspecified atom stereocenters. The van der Waals surface area contributed by atoms with E-state index >= 15 is 0 Å². The van der Waals surface area contributed by atoms with Gasteiger partial charge in [0.1, 0.15) is 0 Å². The standard InChI is InChI=1S/C28H36N4O2/c1-30-17-18-32(26(20-30)21-9-5-4-6-10-21)28(34)24-14-13-23(29-27(33)22-11-12-22)19-25(24)31-15-7-2-3-8-16-31/h4-6,9-10,13-14,19,22,26H,2-3,7-8,11-12,15-18,20H2,1H3,(H,29,33). The summed E-state index contributed by atoms with van der Waals surface area (Å²) in [7, 11) is 2.12. The van der Waals surface area contributed by atoms with Gasteiger partial charge in [-0.15, -0.1) is 0 Å². The third kappa shape index (κ3) is 5.12. The first kappa shape index (κ1) is 22.9. The maximum Gasteiger partial charge on any atom is 0.256 e. The molecule has 0 aromatic heterocycles. The zero-order chi connectivity index (χ0) is 23.5. The average Bonchev–Trinajstić information content (AvgIpc) is 3.72. The number of hydrogen-bond acceptors (Lipinski definition) is 4. The number of likely N-dealkylation sites (N-methyl/N-ethyl adjacent to an activating group) is 1. The molecule has 180 valence electrons. The number of benzene rings is 2. The molecular formula is C28H36N4O2. The average molecular weight is 461 g/mol. The van der Waals surface area contributed by atoms with Gasteiger partial charge in [-0.1, -0.05) is 43.2 Å². The molecule has 34 heavy (non-hydrogen) atoms. The Labute approximate surface area is 202 Å². The summed E-state index contributed by atoms with van der Waals surface area (Å²) in [4.78, 5) is 33.2. The van der Waals surface area contributed by atoms with E-state index in [-0.39, 0.29) is 23.8 Å². The first-order valence-electron chi connectivity index (χ1n) is 12.8. The molecule has 3 aliphatic rings. The van der Waals surface area contributed by atoms with E-state index in [1.54, 1.807) is 0 Å². The lowest BCUT2D eigenvalue weighted by atomic mass is 10.00. The number of carbonyl (C=O) groups is 2. The minimum absolute atomic E-state index is 0.0266. The molecule has 0 bridgehead atoms. The van der Waals surface area contributed by atoms with Gasteiger partial charge in [-0.05, 0) is 56.5 Å². The summed E-state index contributed by atoms with van der Waals surface area (Å²) < 4.78 is 0. The fourth-order valence-electron chi connectivity index (χ4n) is 5.23. The van der Waals surface area contributed by atoms with E-state index in [1.807, 2.05) is 36.4 Å². The molecular weight excluding hydrogens is 424 g/mol. The lowest BCUT2D eigenvalue weighted by Crippen LogP contribution is -2.49. The Morgan fingerprint density at radius 2 is 1.62 bits per heavy atom. The Hall–Kier alpha value is -2.86. The summed E-state index contributed by atoms with van der Waals surface area (Å²) in [6.45, 7) is 4.29. The maximum atomic E-state index is 14.1. The monoisotopic (exact) mass is 460 g/mol. The van der Waals surface area contributed by atoms with Gasteiger partial charge in [0.2, 0.25) is 5.91 Å². The van der Waals surface area contributed by atoms with Crippen LogP contribution in [-0.2, 0) is 4.79 Å². The normalized spacial score (nSPS) is 21.7. The molecule has 2 aliphatic heterocycles. The van der Waals surface area contributed by atoms with Crippen LogP contribution in [0, 0.1) is 5.92 Å². The van der Waals surface area contributed by atoms with Crippen LogP contribution in [0.15, 0.2) is 48.5 Å². The molecule has 6 heteroatoms. The second-order valence-electron chi connectivity index (χ2n) is 10.1. The van der Waals surface area contributed by atoms with Gasteiger partial charge in [-0.2, -0.15) is 0 Å². The van der Waals surface area contributed by atoms with Crippen LogP contribution in [0.4, 0.5) is 11.4 Å². The third-order valence-corrected chi connectivity index (χ3v) is 7.42. The van der Waals surface area contributed by atoms with Crippen molar-refractivity contribution in [3.63, 3.8) is 0 Å². The molecule has 1 N–H and O–H groups in total. The Kier molecular flexibility index (Phi) is 6.86. The maximum absolute atomic E-state index is 14.1. The van der Waals surface area contributed by atoms with Gasteiger partial charge in [0, 0.05) is 44.3 Å². The molecule has 0 spiro atoms. The minimum Gasteiger partial charge on any atom is -0.371 e. The van der Waals surface area contributed by atoms with E-state index in [0.717, 1.165) is 68.8 Å². The summed E-state index contributed by atoms with van der Waals surface area (Å²) in [5.41, 5.74) is 3.68. The molecule has 2 heterocycles. The summed E-state index contributed by atoms with van der Waals surface area (Å²) in [5, 5.41) is 3.09. The molecule has 2 aromatic rings. The van der Waals surface area contributed by atoms with Crippen molar-refractivity contribution in [2.24, 2.45) is 5.92 Å². The van der Waals surface area contributed by atoms with Gasteiger partial charge in [0.05, 0.1) is 17.3 Å². The van der Waals surface area contributed by atoms with Gasteiger partial charge in [-0.25, -0.2) is 0 Å². The first-order valence-corrected chi connectivity index (χ1v) is 12.8. The third-order valence-electron chi connectivity index (χ3n) is 7.42. The van der Waals surface area contributed by atoms with Gasteiger partial charge in [0.15, 0.2) is 0 Å². The summed E-state index contributed by atoms with van der Waals surface area (Å²) in [6.07, 6.45) is 6.68. The Morgan fingerprint density at radius 3 is 2.32 bits per heavy atom. The van der Waals surface area contributed by atoms with Crippen molar-refractivity contribution in [3.8, 4) is 0 Å². The zero-order valence-corrected chi connectivity index (χ0v) is 20.2. The van der Waals surface area contributed by atoms with E-state index in [1.165, 1.54) is 18.4 Å². The van der Waals surface area contributed by atoms with Crippen LogP contribution in [0.3, 0.4) is 0 Å². The smallest absolute Gasteiger partial charge is 0.256 e. The van der Waals surface area contributed by atoms with E-state index in [0.29, 0.717) is 6.54 Å². The number of rotatable bonds is 5. The van der Waals surface area contributed by atoms with Crippen molar-refractivity contribution < 1.29 is 9.59 Å². The quantitative estimate of drug-likeness (QED) is 0.712. The van der Waals surface area contributed by atoms with Crippen molar-refractivity contribution >= 4 is 23.2 Å². The second-order valence-corrected chi connectivity index (χ2v) is 10.1. The van der Waals surface area contributed by atoms with Crippen molar-refractivity contribution in [1.82, 2.24) is 9.80 Å². The van der Waals surface area contributed by atoms with Crippen molar-refractivity contribution in [3.05, 3.63) is 59.7 Å². The Bertz CT molecular complexity index is 1010. The van der Waals surface area contributed by atoms with Gasteiger partial charge >= 0.3 is 0 Å². The second kappa shape index (κ2) is 10.2. The highest BCUT2D eigenvalue weighted by Gasteiger charge is 2.33. The molecule has 1 aliphatic carbocycles. The van der Waals surface area contributed by atoms with E-state index in [4.69, 9.17) is 0 Å². The highest BCUT2D eigenvalue weighted by atomic mass is 16.2. The molecule has 1 atom stereocenters. The SMILES string of the molecule is CN1CCN(C(=O)c2ccc(NC(=O)C3CC3)cc2N2CCCCCC2)C(c2ccccc2)C1. The molecule has 1 saturated carbocycles. The van der Waals surface area contributed by atoms with E-state index in [2.05, 4.69) is 39.2 Å². The van der Waals surface area contributed by atoms with Gasteiger partial charge < -0.3 is 20.0 Å². The fraction of sp³-hybridized carbons (Fsp3) is 0.500. The first-order chi connectivity index (χ1) is 16.6. The molecule has 2 saturated heterocycles. The highest BCUT2D eigenvalue weighted by molar-refractivity contribution is 6.02. The Morgan fingerprint density at radius 1 is 0.882 bits per heavy atom. The molecule has 2 aromatic carbocycles. The van der Waals surface area contributed by atoms with Crippen LogP contribution in [0.5, 0.6) is 0 Å². The number of amides is 2. The van der Waals surface area contributed by atoms with Crippen molar-refractivity contribution in [1.29, 1.82) is 0 Å². The highest BCUT2D eigenvalue weighted by Crippen LogP contribution is 2.34. The largest absolute Gasteiger partial charge is 0.371 e. The van der Waals surface area contributed by atoms with E-state index < -0.39 is 0 Å². The zero-order valence-electron chi connectivity index (χ0n) is 20.2. The minimum atomic E-state index is 0.0266. The number of nitrogens with one attached hydrogen (secondary N) is 1. The van der Waals surface area contributed by atoms with Crippen molar-refractivity contribution in [2.75, 3.05) is 50.0 Å². The van der Waals surface area contributed by atoms with Crippen LogP contribution in [0.2, 0.25) is 0 Å². The number of nitrogens with zero attached hydrogens (tertiary/aromatic N) is 3. The molecule has 3 fully saturated rings. The van der Waals surface area contributed by atoms with Crippen LogP contribution in [0.25, 0.3) is 0 Å². The predicted octanol–water partition coefficient (Wildman–Crippen LogP) is 4.54. The van der Waals surface area contributed by atoms with Crippen LogP contribution in [0.1, 0.15) is 60.5 Å². The summed E-state index contributed by atoms with van der Waals surface area (Å²) in [5.74, 6) is 0.338. The van der Waals surface area contributed by atoms with Crippen molar-refractivity contribution in [2.45, 2.75) is 44.6 Å². The number of hydrogen-bond donors (Lipinski definition) is 1. The van der Waals surface area contributed by atoms with Gasteiger partial charge in [0.25, 0.3) is 5.91 Å². The molecule has 0 radical (unpaired) electrons. The Balaban J connectivity index is 1.47. The number of anilines is 2. The predicted molar refractivity (Wildman–Crippen MR) is 136 cm³/mol. The topological polar surface area (TPSA) is 55.9 Å². The summed E-state index contributed by atoms with van der Waals surface area (Å²) in [6, 6.07) is 16.3. The van der Waals surface area contributed by atoms with Gasteiger partial charge in [-0.3, -0.25) is 9.59 Å². The number of piperazine rings is 1. The molecule has 5 rings (SSSR count). The van der Waals surface area contributed by atoms with Crippen LogP contribution in [-0.4, -0.2) is 61.4 Å². The van der Waals surface area contributed by atoms with E-state index in [9.17, 15) is 9.59 Å². The van der Waals surface area contributed by atoms with Crippen LogP contribution >= 0.6 is 0 Å². The fourth-order valence-corrected chi connectivity index (χ4v) is 5.23.